The summed E-state index contributed by atoms with van der Waals surface area (Å²) in [4.78, 5) is 0. The van der Waals surface area contributed by atoms with E-state index in [1.807, 2.05) is 23.4 Å². The number of alkyl halides is 1. The van der Waals surface area contributed by atoms with E-state index in [2.05, 4.69) is 21.8 Å². The van der Waals surface area contributed by atoms with E-state index in [4.69, 9.17) is 11.6 Å². The van der Waals surface area contributed by atoms with Crippen LogP contribution in [0.4, 0.5) is 0 Å². The van der Waals surface area contributed by atoms with Crippen molar-refractivity contribution in [1.82, 2.24) is 20.2 Å². The SMILES string of the molecule is CSC1CCC(n2nnnc2C(C)Cl)CC1. The van der Waals surface area contributed by atoms with Gasteiger partial charge in [0.15, 0.2) is 5.82 Å². The highest BCUT2D eigenvalue weighted by Gasteiger charge is 2.25. The van der Waals surface area contributed by atoms with E-state index in [-0.39, 0.29) is 5.38 Å². The van der Waals surface area contributed by atoms with Gasteiger partial charge in [-0.15, -0.1) is 16.7 Å². The van der Waals surface area contributed by atoms with E-state index >= 15 is 0 Å². The minimum Gasteiger partial charge on any atom is -0.225 e. The first kappa shape index (κ1) is 12.2. The molecule has 1 aliphatic rings. The van der Waals surface area contributed by atoms with Gasteiger partial charge in [-0.05, 0) is 49.3 Å². The summed E-state index contributed by atoms with van der Waals surface area (Å²) < 4.78 is 1.92. The fourth-order valence-electron chi connectivity index (χ4n) is 2.25. The van der Waals surface area contributed by atoms with Crippen molar-refractivity contribution < 1.29 is 0 Å². The second-order valence-corrected chi connectivity index (χ2v) is 6.06. The molecule has 0 bridgehead atoms. The van der Waals surface area contributed by atoms with Crippen LogP contribution in [0.1, 0.15) is 49.9 Å². The molecule has 1 unspecified atom stereocenters. The standard InChI is InChI=1S/C10H17ClN4S/c1-7(11)10-12-13-14-15(10)8-3-5-9(16-2)6-4-8/h7-9H,3-6H2,1-2H3. The van der Waals surface area contributed by atoms with Crippen molar-refractivity contribution in [3.8, 4) is 0 Å². The Morgan fingerprint density at radius 2 is 2.06 bits per heavy atom. The first-order valence-electron chi connectivity index (χ1n) is 5.67. The van der Waals surface area contributed by atoms with Gasteiger partial charge in [-0.25, -0.2) is 4.68 Å². The molecular formula is C10H17ClN4S. The Morgan fingerprint density at radius 1 is 1.38 bits per heavy atom. The molecule has 4 nitrogen and oxygen atoms in total. The highest BCUT2D eigenvalue weighted by Crippen LogP contribution is 2.34. The van der Waals surface area contributed by atoms with Gasteiger partial charge in [0, 0.05) is 5.25 Å². The summed E-state index contributed by atoms with van der Waals surface area (Å²) in [5.74, 6) is 0.800. The lowest BCUT2D eigenvalue weighted by atomic mass is 9.95. The summed E-state index contributed by atoms with van der Waals surface area (Å²) in [5, 5.41) is 12.5. The zero-order valence-corrected chi connectivity index (χ0v) is 11.2. The fourth-order valence-corrected chi connectivity index (χ4v) is 3.14. The maximum atomic E-state index is 6.06. The highest BCUT2D eigenvalue weighted by atomic mass is 35.5. The topological polar surface area (TPSA) is 43.6 Å². The molecule has 0 saturated heterocycles. The quantitative estimate of drug-likeness (QED) is 0.784. The number of tetrazole rings is 1. The van der Waals surface area contributed by atoms with Crippen LogP contribution in [0.25, 0.3) is 0 Å². The van der Waals surface area contributed by atoms with Crippen molar-refractivity contribution >= 4 is 23.4 Å². The summed E-state index contributed by atoms with van der Waals surface area (Å²) in [6, 6.07) is 0.439. The molecule has 90 valence electrons. The Bertz CT molecular complexity index is 333. The van der Waals surface area contributed by atoms with E-state index in [9.17, 15) is 0 Å². The lowest BCUT2D eigenvalue weighted by Gasteiger charge is -2.27. The van der Waals surface area contributed by atoms with Crippen LogP contribution in [0.5, 0.6) is 0 Å². The molecule has 0 amide bonds. The van der Waals surface area contributed by atoms with Crippen molar-refractivity contribution in [2.45, 2.75) is 49.3 Å². The molecular weight excluding hydrogens is 244 g/mol. The molecule has 1 atom stereocenters. The number of hydrogen-bond donors (Lipinski definition) is 0. The zero-order chi connectivity index (χ0) is 11.5. The number of rotatable bonds is 3. The second kappa shape index (κ2) is 5.36. The third kappa shape index (κ3) is 2.51. The zero-order valence-electron chi connectivity index (χ0n) is 9.64. The van der Waals surface area contributed by atoms with Gasteiger partial charge in [0.05, 0.1) is 11.4 Å². The number of nitrogens with zero attached hydrogens (tertiary/aromatic N) is 4. The van der Waals surface area contributed by atoms with Crippen LogP contribution in [0.3, 0.4) is 0 Å². The first-order valence-corrected chi connectivity index (χ1v) is 7.39. The van der Waals surface area contributed by atoms with Crippen molar-refractivity contribution in [3.05, 3.63) is 5.82 Å². The largest absolute Gasteiger partial charge is 0.225 e. The molecule has 6 heteroatoms. The van der Waals surface area contributed by atoms with Gasteiger partial charge in [0.1, 0.15) is 0 Å². The van der Waals surface area contributed by atoms with Gasteiger partial charge in [-0.1, -0.05) is 0 Å². The van der Waals surface area contributed by atoms with Crippen LogP contribution in [0.2, 0.25) is 0 Å². The second-order valence-electron chi connectivity index (χ2n) is 4.26. The average Bonchev–Trinajstić information content (AvgIpc) is 2.78. The van der Waals surface area contributed by atoms with Crippen molar-refractivity contribution in [1.29, 1.82) is 0 Å². The molecule has 2 rings (SSSR count). The highest BCUT2D eigenvalue weighted by molar-refractivity contribution is 7.99. The Labute approximate surface area is 105 Å². The van der Waals surface area contributed by atoms with Crippen LogP contribution >= 0.6 is 23.4 Å². The predicted octanol–water partition coefficient (Wildman–Crippen LogP) is 2.82. The summed E-state index contributed by atoms with van der Waals surface area (Å²) in [5.41, 5.74) is 0. The molecule has 0 radical (unpaired) electrons. The average molecular weight is 261 g/mol. The Balaban J connectivity index is 2.05. The van der Waals surface area contributed by atoms with Gasteiger partial charge >= 0.3 is 0 Å². The van der Waals surface area contributed by atoms with Crippen molar-refractivity contribution in [2.24, 2.45) is 0 Å². The maximum Gasteiger partial charge on any atom is 0.169 e. The van der Waals surface area contributed by atoms with E-state index in [0.717, 1.165) is 23.9 Å². The predicted molar refractivity (Wildman–Crippen MR) is 66.9 cm³/mol. The summed E-state index contributed by atoms with van der Waals surface area (Å²) in [7, 11) is 0. The van der Waals surface area contributed by atoms with Gasteiger partial charge < -0.3 is 0 Å². The fraction of sp³-hybridized carbons (Fsp3) is 0.900. The molecule has 1 aromatic heterocycles. The Morgan fingerprint density at radius 3 is 2.62 bits per heavy atom. The molecule has 0 spiro atoms. The Hall–Kier alpha value is -0.290. The van der Waals surface area contributed by atoms with Gasteiger partial charge in [-0.2, -0.15) is 11.8 Å². The van der Waals surface area contributed by atoms with Crippen molar-refractivity contribution in [2.75, 3.05) is 6.26 Å². The molecule has 1 aromatic rings. The summed E-state index contributed by atoms with van der Waals surface area (Å²) in [6.45, 7) is 1.91. The van der Waals surface area contributed by atoms with Crippen LogP contribution in [0, 0.1) is 0 Å². The number of hydrogen-bond acceptors (Lipinski definition) is 4. The number of halogens is 1. The van der Waals surface area contributed by atoms with E-state index < -0.39 is 0 Å². The van der Waals surface area contributed by atoms with Gasteiger partial charge in [-0.3, -0.25) is 0 Å². The lowest BCUT2D eigenvalue weighted by molar-refractivity contribution is 0.322. The van der Waals surface area contributed by atoms with Crippen molar-refractivity contribution in [3.63, 3.8) is 0 Å². The van der Waals surface area contributed by atoms with E-state index in [0.29, 0.717) is 6.04 Å². The monoisotopic (exact) mass is 260 g/mol. The molecule has 1 fully saturated rings. The molecule has 0 N–H and O–H groups in total. The van der Waals surface area contributed by atoms with Crippen LogP contribution in [0.15, 0.2) is 0 Å². The van der Waals surface area contributed by atoms with Crippen LogP contribution < -0.4 is 0 Å². The maximum absolute atomic E-state index is 6.06. The molecule has 0 aliphatic heterocycles. The summed E-state index contributed by atoms with van der Waals surface area (Å²) in [6.07, 6.45) is 7.01. The first-order chi connectivity index (χ1) is 7.72. The van der Waals surface area contributed by atoms with Crippen LogP contribution in [-0.2, 0) is 0 Å². The molecule has 1 aliphatic carbocycles. The normalized spacial score (nSPS) is 27.9. The van der Waals surface area contributed by atoms with Crippen LogP contribution in [-0.4, -0.2) is 31.7 Å². The molecule has 1 saturated carbocycles. The van der Waals surface area contributed by atoms with E-state index in [1.165, 1.54) is 12.8 Å². The number of aromatic nitrogens is 4. The summed E-state index contributed by atoms with van der Waals surface area (Å²) >= 11 is 8.03. The molecule has 1 heterocycles. The van der Waals surface area contributed by atoms with Gasteiger partial charge in [0.2, 0.25) is 0 Å². The lowest BCUT2D eigenvalue weighted by Crippen LogP contribution is -2.22. The minimum atomic E-state index is -0.117. The third-order valence-corrected chi connectivity index (χ3v) is 4.53. The third-order valence-electron chi connectivity index (χ3n) is 3.20. The van der Waals surface area contributed by atoms with Gasteiger partial charge in [0.25, 0.3) is 0 Å². The molecule has 16 heavy (non-hydrogen) atoms. The Kier molecular flexibility index (Phi) is 4.08. The molecule has 0 aromatic carbocycles. The number of thioether (sulfide) groups is 1. The smallest absolute Gasteiger partial charge is 0.169 e. The minimum absolute atomic E-state index is 0.117. The van der Waals surface area contributed by atoms with E-state index in [1.54, 1.807) is 0 Å².